The maximum absolute atomic E-state index is 6.01. The van der Waals surface area contributed by atoms with Crippen LogP contribution in [0.25, 0.3) is 0 Å². The second-order valence-electron chi connectivity index (χ2n) is 5.22. The first-order chi connectivity index (χ1) is 8.45. The lowest BCUT2D eigenvalue weighted by Crippen LogP contribution is -2.17. The second kappa shape index (κ2) is 6.64. The highest BCUT2D eigenvalue weighted by molar-refractivity contribution is 5.46. The molecule has 18 heavy (non-hydrogen) atoms. The van der Waals surface area contributed by atoms with Gasteiger partial charge in [-0.3, -0.25) is 0 Å². The summed E-state index contributed by atoms with van der Waals surface area (Å²) in [7, 11) is 1.66. The van der Waals surface area contributed by atoms with E-state index < -0.39 is 0 Å². The molecular formula is C15H25NO2. The molecule has 102 valence electrons. The van der Waals surface area contributed by atoms with Gasteiger partial charge in [-0.25, -0.2) is 0 Å². The van der Waals surface area contributed by atoms with Crippen molar-refractivity contribution in [3.63, 3.8) is 0 Å². The predicted octanol–water partition coefficient (Wildman–Crippen LogP) is 3.53. The van der Waals surface area contributed by atoms with Crippen LogP contribution in [-0.2, 0) is 0 Å². The van der Waals surface area contributed by atoms with Gasteiger partial charge in [0.1, 0.15) is 11.5 Å². The summed E-state index contributed by atoms with van der Waals surface area (Å²) in [6, 6.07) is 5.70. The fourth-order valence-corrected chi connectivity index (χ4v) is 2.18. The lowest BCUT2D eigenvalue weighted by molar-refractivity contribution is 0.190. The zero-order chi connectivity index (χ0) is 13.7. The quantitative estimate of drug-likeness (QED) is 0.841. The molecule has 1 aromatic rings. The van der Waals surface area contributed by atoms with E-state index in [0.29, 0.717) is 5.92 Å². The second-order valence-corrected chi connectivity index (χ2v) is 5.22. The number of hydrogen-bond acceptors (Lipinski definition) is 3. The fraction of sp³-hybridized carbons (Fsp3) is 0.600. The highest BCUT2D eigenvalue weighted by Crippen LogP contribution is 2.33. The summed E-state index contributed by atoms with van der Waals surface area (Å²) in [6.07, 6.45) is 1.20. The Labute approximate surface area is 110 Å². The average Bonchev–Trinajstić information content (AvgIpc) is 2.26. The summed E-state index contributed by atoms with van der Waals surface area (Å²) >= 11 is 0. The molecular weight excluding hydrogens is 226 g/mol. The van der Waals surface area contributed by atoms with Gasteiger partial charge in [0.05, 0.1) is 18.8 Å². The molecule has 1 aromatic carbocycles. The minimum atomic E-state index is -0.109. The summed E-state index contributed by atoms with van der Waals surface area (Å²) in [5, 5.41) is 0. The zero-order valence-corrected chi connectivity index (χ0v) is 12.1. The molecule has 0 saturated heterocycles. The maximum Gasteiger partial charge on any atom is 0.128 e. The van der Waals surface area contributed by atoms with Gasteiger partial charge in [0, 0.05) is 6.04 Å². The molecule has 0 amide bonds. The van der Waals surface area contributed by atoms with E-state index in [0.717, 1.165) is 23.5 Å². The van der Waals surface area contributed by atoms with Crippen LogP contribution in [0.4, 0.5) is 0 Å². The van der Waals surface area contributed by atoms with Gasteiger partial charge in [0.15, 0.2) is 0 Å². The van der Waals surface area contributed by atoms with Gasteiger partial charge in [0.2, 0.25) is 0 Å². The summed E-state index contributed by atoms with van der Waals surface area (Å²) in [5.74, 6) is 2.24. The zero-order valence-electron chi connectivity index (χ0n) is 12.1. The minimum absolute atomic E-state index is 0.109. The Morgan fingerprint density at radius 3 is 2.22 bits per heavy atom. The number of hydrogen-bond donors (Lipinski definition) is 1. The number of rotatable bonds is 6. The lowest BCUT2D eigenvalue weighted by atomic mass is 10.1. The average molecular weight is 251 g/mol. The van der Waals surface area contributed by atoms with Gasteiger partial charge in [-0.15, -0.1) is 0 Å². The summed E-state index contributed by atoms with van der Waals surface area (Å²) in [4.78, 5) is 0. The van der Waals surface area contributed by atoms with Gasteiger partial charge < -0.3 is 15.2 Å². The number of nitrogens with two attached hydrogens (primary N) is 1. The molecule has 3 heteroatoms. The Balaban J connectivity index is 2.94. The van der Waals surface area contributed by atoms with Crippen LogP contribution < -0.4 is 15.2 Å². The summed E-state index contributed by atoms with van der Waals surface area (Å²) in [5.41, 5.74) is 6.95. The third kappa shape index (κ3) is 3.91. The molecule has 0 aromatic heterocycles. The van der Waals surface area contributed by atoms with Crippen LogP contribution in [0.5, 0.6) is 11.5 Å². The van der Waals surface area contributed by atoms with E-state index in [1.807, 2.05) is 25.1 Å². The van der Waals surface area contributed by atoms with E-state index in [1.54, 1.807) is 7.11 Å². The minimum Gasteiger partial charge on any atom is -0.496 e. The molecule has 1 unspecified atom stereocenters. The van der Waals surface area contributed by atoms with Crippen LogP contribution >= 0.6 is 0 Å². The predicted molar refractivity (Wildman–Crippen MR) is 75.1 cm³/mol. The van der Waals surface area contributed by atoms with Crippen LogP contribution in [0.15, 0.2) is 18.2 Å². The molecule has 1 rings (SSSR count). The van der Waals surface area contributed by atoms with Crippen LogP contribution in [0.3, 0.4) is 0 Å². The third-order valence-corrected chi connectivity index (χ3v) is 2.83. The molecule has 0 aliphatic carbocycles. The number of ether oxygens (including phenoxy) is 2. The van der Waals surface area contributed by atoms with Gasteiger partial charge in [-0.1, -0.05) is 19.9 Å². The standard InChI is InChI=1S/C15H25NO2/c1-10(2)9-11(3)18-14-8-6-7-13(17-5)15(14)12(4)16/h6-8,10-12H,9,16H2,1-5H3/t11?,12-/m1/s1. The van der Waals surface area contributed by atoms with E-state index in [1.165, 1.54) is 0 Å². The van der Waals surface area contributed by atoms with E-state index in [9.17, 15) is 0 Å². The highest BCUT2D eigenvalue weighted by atomic mass is 16.5. The molecule has 0 saturated carbocycles. The molecule has 2 N–H and O–H groups in total. The topological polar surface area (TPSA) is 44.5 Å². The third-order valence-electron chi connectivity index (χ3n) is 2.83. The smallest absolute Gasteiger partial charge is 0.128 e. The van der Waals surface area contributed by atoms with Crippen molar-refractivity contribution in [3.05, 3.63) is 23.8 Å². The molecule has 0 heterocycles. The van der Waals surface area contributed by atoms with Gasteiger partial charge in [-0.05, 0) is 38.3 Å². The normalized spacial score (nSPS) is 14.4. The lowest BCUT2D eigenvalue weighted by Gasteiger charge is -2.21. The number of methoxy groups -OCH3 is 1. The summed E-state index contributed by atoms with van der Waals surface area (Å²) in [6.45, 7) is 8.41. The fourth-order valence-electron chi connectivity index (χ4n) is 2.18. The molecule has 2 atom stereocenters. The molecule has 0 aliphatic heterocycles. The van der Waals surface area contributed by atoms with Crippen molar-refractivity contribution in [1.29, 1.82) is 0 Å². The highest BCUT2D eigenvalue weighted by Gasteiger charge is 2.16. The van der Waals surface area contributed by atoms with Crippen molar-refractivity contribution >= 4 is 0 Å². The molecule has 0 spiro atoms. The first-order valence-electron chi connectivity index (χ1n) is 6.54. The molecule has 0 fully saturated rings. The van der Waals surface area contributed by atoms with Crippen molar-refractivity contribution in [1.82, 2.24) is 0 Å². The van der Waals surface area contributed by atoms with Crippen LogP contribution in [-0.4, -0.2) is 13.2 Å². The molecule has 0 radical (unpaired) electrons. The SMILES string of the molecule is COc1cccc(OC(C)CC(C)C)c1[C@@H](C)N. The Hall–Kier alpha value is -1.22. The van der Waals surface area contributed by atoms with Crippen LogP contribution in [0.2, 0.25) is 0 Å². The first kappa shape index (κ1) is 14.8. The number of benzene rings is 1. The van der Waals surface area contributed by atoms with Crippen molar-refractivity contribution in [2.45, 2.75) is 46.3 Å². The van der Waals surface area contributed by atoms with E-state index in [-0.39, 0.29) is 12.1 Å². The van der Waals surface area contributed by atoms with Crippen molar-refractivity contribution in [3.8, 4) is 11.5 Å². The van der Waals surface area contributed by atoms with Gasteiger partial charge in [-0.2, -0.15) is 0 Å². The van der Waals surface area contributed by atoms with E-state index in [4.69, 9.17) is 15.2 Å². The Morgan fingerprint density at radius 1 is 1.11 bits per heavy atom. The largest absolute Gasteiger partial charge is 0.496 e. The van der Waals surface area contributed by atoms with Crippen molar-refractivity contribution in [2.75, 3.05) is 7.11 Å². The maximum atomic E-state index is 6.01. The van der Waals surface area contributed by atoms with E-state index >= 15 is 0 Å². The Bertz CT molecular complexity index is 375. The van der Waals surface area contributed by atoms with E-state index in [2.05, 4.69) is 20.8 Å². The Kier molecular flexibility index (Phi) is 5.48. The van der Waals surface area contributed by atoms with Crippen molar-refractivity contribution in [2.24, 2.45) is 11.7 Å². The molecule has 0 bridgehead atoms. The first-order valence-corrected chi connectivity index (χ1v) is 6.54. The van der Waals surface area contributed by atoms with Gasteiger partial charge >= 0.3 is 0 Å². The van der Waals surface area contributed by atoms with Crippen molar-refractivity contribution < 1.29 is 9.47 Å². The Morgan fingerprint density at radius 2 is 1.72 bits per heavy atom. The monoisotopic (exact) mass is 251 g/mol. The van der Waals surface area contributed by atoms with Crippen LogP contribution in [0.1, 0.15) is 45.7 Å². The van der Waals surface area contributed by atoms with Crippen LogP contribution in [0, 0.1) is 5.92 Å². The molecule has 0 aliphatic rings. The molecule has 3 nitrogen and oxygen atoms in total. The summed E-state index contributed by atoms with van der Waals surface area (Å²) < 4.78 is 11.4. The van der Waals surface area contributed by atoms with Gasteiger partial charge in [0.25, 0.3) is 0 Å².